The van der Waals surface area contributed by atoms with Crippen LogP contribution in [-0.2, 0) is 9.53 Å². The van der Waals surface area contributed by atoms with Crippen molar-refractivity contribution in [3.05, 3.63) is 4.91 Å². The maximum atomic E-state index is 13.2. The molecule has 0 aromatic heterocycles. The summed E-state index contributed by atoms with van der Waals surface area (Å²) in [6, 6.07) is 0. The number of hydrogen-bond acceptors (Lipinski definition) is 4. The van der Waals surface area contributed by atoms with Crippen molar-refractivity contribution in [1.82, 2.24) is 0 Å². The summed E-state index contributed by atoms with van der Waals surface area (Å²) in [7, 11) is 0. The van der Waals surface area contributed by atoms with E-state index < -0.39 is 5.41 Å². The van der Waals surface area contributed by atoms with E-state index >= 15 is 0 Å². The van der Waals surface area contributed by atoms with Gasteiger partial charge in [-0.25, -0.2) is 0 Å². The highest BCUT2D eigenvalue weighted by Crippen LogP contribution is 2.59. The molecule has 2 atom stereocenters. The van der Waals surface area contributed by atoms with Crippen molar-refractivity contribution in [2.24, 2.45) is 40.2 Å². The van der Waals surface area contributed by atoms with E-state index in [0.717, 1.165) is 37.5 Å². The molecule has 4 fully saturated rings. The van der Waals surface area contributed by atoms with E-state index in [1.807, 2.05) is 0 Å². The highest BCUT2D eigenvalue weighted by molar-refractivity contribution is 5.76. The molecule has 0 N–H and O–H groups in total. The minimum atomic E-state index is -0.411. The SMILES string of the molecule is CCC(C)(CCCC(C)CN=O)C(=O)OC1(C)C2CC3CC(C2)CC1C3. The van der Waals surface area contributed by atoms with E-state index in [1.165, 1.54) is 32.1 Å². The van der Waals surface area contributed by atoms with Crippen LogP contribution in [0.2, 0.25) is 0 Å². The van der Waals surface area contributed by atoms with Gasteiger partial charge in [-0.2, -0.15) is 4.91 Å². The first-order chi connectivity index (χ1) is 12.3. The van der Waals surface area contributed by atoms with Gasteiger partial charge in [0.25, 0.3) is 0 Å². The van der Waals surface area contributed by atoms with Crippen LogP contribution >= 0.6 is 0 Å². The summed E-state index contributed by atoms with van der Waals surface area (Å²) in [6.07, 6.45) is 9.99. The molecule has 2 unspecified atom stereocenters. The number of ether oxygens (including phenoxy) is 1. The smallest absolute Gasteiger partial charge is 0.312 e. The van der Waals surface area contributed by atoms with E-state index in [1.54, 1.807) is 0 Å². The van der Waals surface area contributed by atoms with Gasteiger partial charge in [0.2, 0.25) is 0 Å². The van der Waals surface area contributed by atoms with Crippen LogP contribution in [0.5, 0.6) is 0 Å². The van der Waals surface area contributed by atoms with Crippen molar-refractivity contribution in [2.75, 3.05) is 6.54 Å². The van der Waals surface area contributed by atoms with Crippen LogP contribution in [0.25, 0.3) is 0 Å². The minimum Gasteiger partial charge on any atom is -0.458 e. The zero-order valence-electron chi connectivity index (χ0n) is 17.1. The summed E-state index contributed by atoms with van der Waals surface area (Å²) in [4.78, 5) is 23.6. The van der Waals surface area contributed by atoms with Crippen molar-refractivity contribution in [3.63, 3.8) is 0 Å². The van der Waals surface area contributed by atoms with Crippen molar-refractivity contribution in [3.8, 4) is 0 Å². The molecular formula is C22H37NO3. The maximum Gasteiger partial charge on any atom is 0.312 e. The molecule has 0 aromatic rings. The van der Waals surface area contributed by atoms with E-state index in [4.69, 9.17) is 4.74 Å². The fraction of sp³-hybridized carbons (Fsp3) is 0.955. The number of esters is 1. The summed E-state index contributed by atoms with van der Waals surface area (Å²) in [5, 5.41) is 2.99. The molecule has 4 rings (SSSR count). The largest absolute Gasteiger partial charge is 0.458 e. The Hall–Kier alpha value is -0.930. The van der Waals surface area contributed by atoms with E-state index in [9.17, 15) is 9.70 Å². The molecule has 26 heavy (non-hydrogen) atoms. The maximum absolute atomic E-state index is 13.2. The molecular weight excluding hydrogens is 326 g/mol. The Bertz CT molecular complexity index is 503. The van der Waals surface area contributed by atoms with Crippen molar-refractivity contribution < 1.29 is 9.53 Å². The Balaban J connectivity index is 1.60. The van der Waals surface area contributed by atoms with Gasteiger partial charge in [-0.3, -0.25) is 4.79 Å². The third kappa shape index (κ3) is 3.71. The predicted molar refractivity (Wildman–Crippen MR) is 104 cm³/mol. The van der Waals surface area contributed by atoms with Crippen LogP contribution in [0.15, 0.2) is 5.18 Å². The number of carbonyl (C=O) groups excluding carboxylic acids is 1. The van der Waals surface area contributed by atoms with Crippen LogP contribution in [0.4, 0.5) is 0 Å². The summed E-state index contributed by atoms with van der Waals surface area (Å²) in [6.45, 7) is 8.82. The lowest BCUT2D eigenvalue weighted by molar-refractivity contribution is -0.212. The van der Waals surface area contributed by atoms with E-state index in [2.05, 4.69) is 32.9 Å². The summed E-state index contributed by atoms with van der Waals surface area (Å²) in [5.41, 5.74) is -0.651. The first-order valence-corrected chi connectivity index (χ1v) is 10.8. The molecule has 0 heterocycles. The van der Waals surface area contributed by atoms with Crippen LogP contribution in [0, 0.1) is 39.9 Å². The number of nitroso groups, excluding NO2 is 1. The standard InChI is InChI=1S/C22H37NO3/c1-5-21(3,8-6-7-15(2)14-23-25)20(24)26-22(4)18-10-16-9-17(12-18)13-19(22)11-16/h15-19H,5-14H2,1-4H3. The van der Waals surface area contributed by atoms with Gasteiger partial charge in [-0.05, 0) is 94.8 Å². The second-order valence-corrected chi connectivity index (χ2v) is 10.1. The van der Waals surface area contributed by atoms with Crippen LogP contribution in [0.3, 0.4) is 0 Å². The monoisotopic (exact) mass is 363 g/mol. The molecule has 0 aliphatic heterocycles. The first kappa shape index (κ1) is 19.8. The zero-order valence-corrected chi connectivity index (χ0v) is 17.1. The van der Waals surface area contributed by atoms with Gasteiger partial charge in [0.15, 0.2) is 0 Å². The molecule has 4 bridgehead atoms. The van der Waals surface area contributed by atoms with Gasteiger partial charge in [0.05, 0.1) is 12.0 Å². The molecule has 0 saturated heterocycles. The van der Waals surface area contributed by atoms with E-state index in [-0.39, 0.29) is 11.6 Å². The lowest BCUT2D eigenvalue weighted by Gasteiger charge is -2.59. The first-order valence-electron chi connectivity index (χ1n) is 10.8. The highest BCUT2D eigenvalue weighted by atomic mass is 16.6. The van der Waals surface area contributed by atoms with Crippen molar-refractivity contribution in [1.29, 1.82) is 0 Å². The molecule has 4 aliphatic carbocycles. The molecule has 148 valence electrons. The van der Waals surface area contributed by atoms with Crippen LogP contribution in [-0.4, -0.2) is 18.1 Å². The van der Waals surface area contributed by atoms with Crippen molar-refractivity contribution >= 4 is 5.97 Å². The number of carbonyl (C=O) groups is 1. The third-order valence-corrected chi connectivity index (χ3v) is 8.16. The van der Waals surface area contributed by atoms with Gasteiger partial charge >= 0.3 is 5.97 Å². The molecule has 4 nitrogen and oxygen atoms in total. The van der Waals surface area contributed by atoms with Gasteiger partial charge in [0, 0.05) is 0 Å². The average molecular weight is 364 g/mol. The Morgan fingerprint density at radius 1 is 1.19 bits per heavy atom. The average Bonchev–Trinajstić information content (AvgIpc) is 2.59. The quantitative estimate of drug-likeness (QED) is 0.388. The van der Waals surface area contributed by atoms with Crippen LogP contribution in [0.1, 0.15) is 85.5 Å². The molecule has 0 radical (unpaired) electrons. The summed E-state index contributed by atoms with van der Waals surface area (Å²) >= 11 is 0. The lowest BCUT2D eigenvalue weighted by Crippen LogP contribution is -2.58. The number of nitrogens with zero attached hydrogens (tertiary/aromatic N) is 1. The Morgan fingerprint density at radius 2 is 1.77 bits per heavy atom. The topological polar surface area (TPSA) is 55.7 Å². The Morgan fingerprint density at radius 3 is 2.27 bits per heavy atom. The molecule has 4 heteroatoms. The lowest BCUT2D eigenvalue weighted by atomic mass is 9.50. The fourth-order valence-electron chi connectivity index (χ4n) is 6.09. The van der Waals surface area contributed by atoms with Gasteiger partial charge in [-0.15, -0.1) is 0 Å². The van der Waals surface area contributed by atoms with Crippen LogP contribution < -0.4 is 0 Å². The van der Waals surface area contributed by atoms with E-state index in [0.29, 0.717) is 24.3 Å². The molecule has 0 aromatic carbocycles. The molecule has 4 saturated carbocycles. The Labute approximate surface area is 158 Å². The van der Waals surface area contributed by atoms with Gasteiger partial charge in [-0.1, -0.05) is 25.4 Å². The normalized spacial score (nSPS) is 38.6. The molecule has 0 spiro atoms. The zero-order chi connectivity index (χ0) is 18.9. The third-order valence-electron chi connectivity index (χ3n) is 8.16. The van der Waals surface area contributed by atoms with Gasteiger partial charge < -0.3 is 4.74 Å². The number of hydrogen-bond donors (Lipinski definition) is 0. The second-order valence-electron chi connectivity index (χ2n) is 10.1. The summed E-state index contributed by atoms with van der Waals surface area (Å²) in [5.74, 6) is 3.22. The predicted octanol–water partition coefficient (Wildman–Crippen LogP) is 5.73. The second kappa shape index (κ2) is 7.59. The molecule has 0 amide bonds. The van der Waals surface area contributed by atoms with Crippen molar-refractivity contribution in [2.45, 2.75) is 91.1 Å². The Kier molecular flexibility index (Phi) is 5.79. The molecule has 4 aliphatic rings. The fourth-order valence-corrected chi connectivity index (χ4v) is 6.09. The highest BCUT2D eigenvalue weighted by Gasteiger charge is 2.57. The van der Waals surface area contributed by atoms with Gasteiger partial charge in [0.1, 0.15) is 5.60 Å². The number of rotatable bonds is 9. The minimum absolute atomic E-state index is 0.0103. The summed E-state index contributed by atoms with van der Waals surface area (Å²) < 4.78 is 6.37.